The van der Waals surface area contributed by atoms with Gasteiger partial charge in [-0.15, -0.1) is 11.3 Å². The smallest absolute Gasteiger partial charge is 0.227 e. The van der Waals surface area contributed by atoms with Gasteiger partial charge in [0.2, 0.25) is 11.8 Å². The first-order valence-corrected chi connectivity index (χ1v) is 10.3. The number of benzene rings is 1. The molecule has 150 valence electrons. The van der Waals surface area contributed by atoms with Crippen LogP contribution in [-0.2, 0) is 9.59 Å². The first-order chi connectivity index (χ1) is 13.4. The number of nitrogens with zero attached hydrogens (tertiary/aromatic N) is 2. The van der Waals surface area contributed by atoms with E-state index in [-0.39, 0.29) is 24.3 Å². The summed E-state index contributed by atoms with van der Waals surface area (Å²) in [5.74, 6) is -0.0603. The fraction of sp³-hybridized carbons (Fsp3) is 0.400. The summed E-state index contributed by atoms with van der Waals surface area (Å²) in [6.07, 6.45) is 0.174. The Kier molecular flexibility index (Phi) is 6.59. The van der Waals surface area contributed by atoms with E-state index >= 15 is 0 Å². The standard InChI is InChI=1S/C20H24ClN3O3S/c1-23(2)16(18-5-4-8-28-18)11-22-20(26)13-9-19(25)24(12-13)15-10-14(21)6-7-17(15)27-3/h4-8,10,13,16H,9,11-12H2,1-3H3,(H,22,26)/t13-,16-/m0/s1. The summed E-state index contributed by atoms with van der Waals surface area (Å²) in [6, 6.07) is 9.29. The van der Waals surface area contributed by atoms with Gasteiger partial charge in [0, 0.05) is 29.4 Å². The molecule has 1 aromatic carbocycles. The van der Waals surface area contributed by atoms with Crippen LogP contribution in [0.2, 0.25) is 5.02 Å². The number of nitrogens with one attached hydrogen (secondary N) is 1. The van der Waals surface area contributed by atoms with Gasteiger partial charge in [-0.2, -0.15) is 0 Å². The van der Waals surface area contributed by atoms with Gasteiger partial charge in [0.1, 0.15) is 5.75 Å². The maximum Gasteiger partial charge on any atom is 0.227 e. The molecule has 0 radical (unpaired) electrons. The summed E-state index contributed by atoms with van der Waals surface area (Å²) in [4.78, 5) is 30.1. The van der Waals surface area contributed by atoms with Gasteiger partial charge >= 0.3 is 0 Å². The fourth-order valence-corrected chi connectivity index (χ4v) is 4.44. The van der Waals surface area contributed by atoms with Crippen LogP contribution in [0.5, 0.6) is 5.75 Å². The zero-order chi connectivity index (χ0) is 20.3. The van der Waals surface area contributed by atoms with Crippen molar-refractivity contribution in [1.82, 2.24) is 10.2 Å². The summed E-state index contributed by atoms with van der Waals surface area (Å²) in [6.45, 7) is 0.810. The van der Waals surface area contributed by atoms with E-state index in [4.69, 9.17) is 16.3 Å². The molecule has 1 fully saturated rings. The van der Waals surface area contributed by atoms with Crippen molar-refractivity contribution in [3.63, 3.8) is 0 Å². The van der Waals surface area contributed by atoms with Crippen molar-refractivity contribution in [3.05, 3.63) is 45.6 Å². The second kappa shape index (κ2) is 8.94. The third-order valence-corrected chi connectivity index (χ3v) is 6.10. The molecule has 8 heteroatoms. The second-order valence-corrected chi connectivity index (χ2v) is 8.38. The number of halogens is 1. The molecule has 1 aliphatic rings. The molecule has 1 aromatic heterocycles. The Labute approximate surface area is 174 Å². The average Bonchev–Trinajstić information content (AvgIpc) is 3.31. The second-order valence-electron chi connectivity index (χ2n) is 6.96. The normalized spacial score (nSPS) is 17.8. The lowest BCUT2D eigenvalue weighted by Gasteiger charge is -2.24. The van der Waals surface area contributed by atoms with E-state index in [1.54, 1.807) is 41.5 Å². The molecule has 2 atom stereocenters. The molecule has 3 rings (SSSR count). The van der Waals surface area contributed by atoms with Crippen molar-refractivity contribution in [2.45, 2.75) is 12.5 Å². The maximum atomic E-state index is 12.7. The number of hydrogen-bond donors (Lipinski definition) is 1. The Morgan fingerprint density at radius 2 is 2.21 bits per heavy atom. The zero-order valence-electron chi connectivity index (χ0n) is 16.1. The minimum Gasteiger partial charge on any atom is -0.495 e. The van der Waals surface area contributed by atoms with Crippen LogP contribution in [0.3, 0.4) is 0 Å². The number of carbonyl (C=O) groups excluding carboxylic acids is 2. The predicted molar refractivity (Wildman–Crippen MR) is 112 cm³/mol. The summed E-state index contributed by atoms with van der Waals surface area (Å²) < 4.78 is 5.35. The Hall–Kier alpha value is -2.09. The highest BCUT2D eigenvalue weighted by Gasteiger charge is 2.36. The van der Waals surface area contributed by atoms with Crippen molar-refractivity contribution < 1.29 is 14.3 Å². The lowest BCUT2D eigenvalue weighted by molar-refractivity contribution is -0.126. The van der Waals surface area contributed by atoms with Gasteiger partial charge < -0.3 is 19.9 Å². The number of thiophene rings is 1. The monoisotopic (exact) mass is 421 g/mol. The molecule has 2 heterocycles. The van der Waals surface area contributed by atoms with E-state index in [9.17, 15) is 9.59 Å². The lowest BCUT2D eigenvalue weighted by atomic mass is 10.1. The molecule has 2 amide bonds. The number of likely N-dealkylation sites (N-methyl/N-ethyl adjacent to an activating group) is 1. The third-order valence-electron chi connectivity index (χ3n) is 4.89. The molecule has 1 aliphatic heterocycles. The van der Waals surface area contributed by atoms with Crippen LogP contribution >= 0.6 is 22.9 Å². The molecule has 0 unspecified atom stereocenters. The van der Waals surface area contributed by atoms with Gasteiger partial charge in [-0.3, -0.25) is 9.59 Å². The van der Waals surface area contributed by atoms with Crippen molar-refractivity contribution in [3.8, 4) is 5.75 Å². The van der Waals surface area contributed by atoms with Crippen molar-refractivity contribution in [1.29, 1.82) is 0 Å². The van der Waals surface area contributed by atoms with E-state index in [1.807, 2.05) is 25.5 Å². The maximum absolute atomic E-state index is 12.7. The zero-order valence-corrected chi connectivity index (χ0v) is 17.7. The minimum absolute atomic E-state index is 0.102. The minimum atomic E-state index is -0.401. The lowest BCUT2D eigenvalue weighted by Crippen LogP contribution is -2.38. The van der Waals surface area contributed by atoms with E-state index in [0.29, 0.717) is 29.5 Å². The van der Waals surface area contributed by atoms with Gasteiger partial charge in [-0.25, -0.2) is 0 Å². The van der Waals surface area contributed by atoms with Gasteiger partial charge in [-0.1, -0.05) is 17.7 Å². The van der Waals surface area contributed by atoms with E-state index in [1.165, 1.54) is 4.88 Å². The molecular formula is C20H24ClN3O3S. The summed E-state index contributed by atoms with van der Waals surface area (Å²) in [5, 5.41) is 5.56. The topological polar surface area (TPSA) is 61.9 Å². The van der Waals surface area contributed by atoms with Crippen LogP contribution in [0, 0.1) is 5.92 Å². The fourth-order valence-electron chi connectivity index (χ4n) is 3.35. The predicted octanol–water partition coefficient (Wildman–Crippen LogP) is 3.18. The van der Waals surface area contributed by atoms with Gasteiger partial charge in [0.05, 0.1) is 24.8 Å². The van der Waals surface area contributed by atoms with Crippen LogP contribution in [0.4, 0.5) is 5.69 Å². The number of carbonyl (C=O) groups is 2. The largest absolute Gasteiger partial charge is 0.495 e. The van der Waals surface area contributed by atoms with E-state index in [2.05, 4.69) is 16.3 Å². The summed E-state index contributed by atoms with van der Waals surface area (Å²) in [5.41, 5.74) is 0.597. The molecule has 1 N–H and O–H groups in total. The molecule has 0 aliphatic carbocycles. The SMILES string of the molecule is COc1ccc(Cl)cc1N1C[C@@H](C(=O)NC[C@@H](c2cccs2)N(C)C)CC1=O. The summed E-state index contributed by atoms with van der Waals surface area (Å²) >= 11 is 7.75. The molecule has 1 saturated heterocycles. The molecule has 0 bridgehead atoms. The molecule has 2 aromatic rings. The highest BCUT2D eigenvalue weighted by Crippen LogP contribution is 2.35. The average molecular weight is 422 g/mol. The Balaban J connectivity index is 1.66. The number of ether oxygens (including phenoxy) is 1. The number of amides is 2. The quantitative estimate of drug-likeness (QED) is 0.745. The van der Waals surface area contributed by atoms with Crippen molar-refractivity contribution in [2.75, 3.05) is 39.2 Å². The van der Waals surface area contributed by atoms with Gasteiger partial charge in [-0.05, 0) is 43.7 Å². The van der Waals surface area contributed by atoms with Gasteiger partial charge in [0.15, 0.2) is 0 Å². The molecule has 0 spiro atoms. The first kappa shape index (κ1) is 20.6. The Bertz CT molecular complexity index is 841. The Morgan fingerprint density at radius 3 is 2.86 bits per heavy atom. The van der Waals surface area contributed by atoms with Crippen molar-refractivity contribution >= 4 is 40.4 Å². The van der Waals surface area contributed by atoms with E-state index < -0.39 is 5.92 Å². The molecule has 0 saturated carbocycles. The Morgan fingerprint density at radius 1 is 1.43 bits per heavy atom. The van der Waals surface area contributed by atoms with Crippen LogP contribution in [0.25, 0.3) is 0 Å². The van der Waals surface area contributed by atoms with Crippen LogP contribution in [-0.4, -0.2) is 51.0 Å². The number of rotatable bonds is 7. The van der Waals surface area contributed by atoms with Gasteiger partial charge in [0.25, 0.3) is 0 Å². The highest BCUT2D eigenvalue weighted by atomic mass is 35.5. The number of anilines is 1. The van der Waals surface area contributed by atoms with E-state index in [0.717, 1.165) is 0 Å². The van der Waals surface area contributed by atoms with Crippen molar-refractivity contribution in [2.24, 2.45) is 5.92 Å². The van der Waals surface area contributed by atoms with Crippen LogP contribution < -0.4 is 15.0 Å². The number of methoxy groups -OCH3 is 1. The highest BCUT2D eigenvalue weighted by molar-refractivity contribution is 7.10. The third kappa shape index (κ3) is 4.48. The molecule has 6 nitrogen and oxygen atoms in total. The first-order valence-electron chi connectivity index (χ1n) is 9.02. The van der Waals surface area contributed by atoms with Crippen LogP contribution in [0.1, 0.15) is 17.3 Å². The number of hydrogen-bond acceptors (Lipinski definition) is 5. The molecule has 28 heavy (non-hydrogen) atoms. The summed E-state index contributed by atoms with van der Waals surface area (Å²) in [7, 11) is 5.52. The van der Waals surface area contributed by atoms with Crippen LogP contribution in [0.15, 0.2) is 35.7 Å². The molecular weight excluding hydrogens is 398 g/mol.